The third-order valence-corrected chi connectivity index (χ3v) is 5.65. The quantitative estimate of drug-likeness (QED) is 0.652. The first kappa shape index (κ1) is 9.37. The third-order valence-electron chi connectivity index (χ3n) is 1.47. The van der Waals surface area contributed by atoms with Crippen molar-refractivity contribution >= 4 is 46.7 Å². The minimum Gasteiger partial charge on any atom is -0.155 e. The predicted octanol–water partition coefficient (Wildman–Crippen LogP) is 2.68. The lowest BCUT2D eigenvalue weighted by Crippen LogP contribution is -2.28. The molecular weight excluding hydrogens is 207 g/mol. The molecule has 0 spiro atoms. The highest BCUT2D eigenvalue weighted by atomic mass is 35.5. The van der Waals surface area contributed by atoms with Gasteiger partial charge in [-0.3, -0.25) is 0 Å². The lowest BCUT2D eigenvalue weighted by molar-refractivity contribution is 0.931. The van der Waals surface area contributed by atoms with Crippen LogP contribution in [0.25, 0.3) is 0 Å². The van der Waals surface area contributed by atoms with Crippen LogP contribution in [0.5, 0.6) is 0 Å². The summed E-state index contributed by atoms with van der Waals surface area (Å²) in [6.07, 6.45) is 0. The van der Waals surface area contributed by atoms with Crippen molar-refractivity contribution in [1.82, 2.24) is 0 Å². The van der Waals surface area contributed by atoms with Crippen LogP contribution >= 0.6 is 46.7 Å². The van der Waals surface area contributed by atoms with E-state index >= 15 is 0 Å². The zero-order valence-electron chi connectivity index (χ0n) is 5.56. The van der Waals surface area contributed by atoms with Crippen LogP contribution in [0.15, 0.2) is 0 Å². The van der Waals surface area contributed by atoms with Crippen molar-refractivity contribution in [2.24, 2.45) is 0 Å². The van der Waals surface area contributed by atoms with E-state index in [1.807, 2.05) is 23.5 Å². The molecule has 1 heterocycles. The van der Waals surface area contributed by atoms with E-state index < -0.39 is 0 Å². The van der Waals surface area contributed by atoms with E-state index in [1.54, 1.807) is 0 Å². The summed E-state index contributed by atoms with van der Waals surface area (Å²) in [6, 6.07) is 0. The molecule has 1 aliphatic rings. The van der Waals surface area contributed by atoms with Crippen molar-refractivity contribution in [3.05, 3.63) is 0 Å². The molecule has 0 unspecified atom stereocenters. The van der Waals surface area contributed by atoms with Gasteiger partial charge in [-0.1, -0.05) is 0 Å². The molecule has 4 heteroatoms. The molecule has 0 aliphatic carbocycles. The van der Waals surface area contributed by atoms with E-state index in [1.165, 1.54) is 11.5 Å². The van der Waals surface area contributed by atoms with Crippen molar-refractivity contribution in [3.8, 4) is 0 Å². The molecule has 1 fully saturated rings. The number of thioether (sulfide) groups is 2. The lowest BCUT2D eigenvalue weighted by atomic mass is 10.3. The molecule has 0 radical (unpaired) electrons. The van der Waals surface area contributed by atoms with Gasteiger partial charge in [0.05, 0.1) is 0 Å². The number of hydrogen-bond acceptors (Lipinski definition) is 2. The van der Waals surface area contributed by atoms with Crippen LogP contribution in [0.1, 0.15) is 0 Å². The summed E-state index contributed by atoms with van der Waals surface area (Å²) in [6.45, 7) is 0. The summed E-state index contributed by atoms with van der Waals surface area (Å²) in [5, 5.41) is 1.16. The number of rotatable bonds is 2. The molecule has 10 heavy (non-hydrogen) atoms. The minimum absolute atomic E-state index is 0.581. The van der Waals surface area contributed by atoms with Crippen LogP contribution in [-0.4, -0.2) is 33.8 Å². The highest BCUT2D eigenvalue weighted by Gasteiger charge is 2.24. The van der Waals surface area contributed by atoms with Gasteiger partial charge in [0.15, 0.2) is 0 Å². The van der Waals surface area contributed by atoms with Crippen molar-refractivity contribution in [2.45, 2.75) is 10.5 Å². The van der Waals surface area contributed by atoms with E-state index in [4.69, 9.17) is 23.2 Å². The summed E-state index contributed by atoms with van der Waals surface area (Å²) in [7, 11) is 0. The fourth-order valence-electron chi connectivity index (χ4n) is 0.901. The molecule has 60 valence electrons. The zero-order chi connectivity index (χ0) is 7.40. The normalized spacial score (nSPS) is 34.2. The van der Waals surface area contributed by atoms with Crippen LogP contribution in [0.3, 0.4) is 0 Å². The van der Waals surface area contributed by atoms with Crippen molar-refractivity contribution in [2.75, 3.05) is 23.3 Å². The van der Waals surface area contributed by atoms with Gasteiger partial charge in [-0.2, -0.15) is 23.5 Å². The maximum absolute atomic E-state index is 5.76. The average Bonchev–Trinajstić information content (AvgIpc) is 2.04. The number of halogens is 2. The first-order valence-corrected chi connectivity index (χ1v) is 6.40. The van der Waals surface area contributed by atoms with Gasteiger partial charge in [-0.15, -0.1) is 23.2 Å². The molecule has 0 bridgehead atoms. The fraction of sp³-hybridized carbons (Fsp3) is 1.00. The Morgan fingerprint density at radius 1 is 1.00 bits per heavy atom. The molecule has 0 aromatic heterocycles. The zero-order valence-corrected chi connectivity index (χ0v) is 8.70. The molecular formula is C6H10Cl2S2. The highest BCUT2D eigenvalue weighted by molar-refractivity contribution is 8.07. The summed E-state index contributed by atoms with van der Waals surface area (Å²) >= 11 is 15.4. The number of hydrogen-bond donors (Lipinski definition) is 0. The van der Waals surface area contributed by atoms with Gasteiger partial charge in [0.25, 0.3) is 0 Å². The second kappa shape index (κ2) is 5.02. The Kier molecular flexibility index (Phi) is 4.70. The largest absolute Gasteiger partial charge is 0.155 e. The van der Waals surface area contributed by atoms with Crippen LogP contribution in [-0.2, 0) is 0 Å². The van der Waals surface area contributed by atoms with Gasteiger partial charge >= 0.3 is 0 Å². The molecule has 0 aromatic rings. The van der Waals surface area contributed by atoms with Gasteiger partial charge in [0, 0.05) is 33.8 Å². The van der Waals surface area contributed by atoms with Crippen LogP contribution in [0, 0.1) is 0 Å². The van der Waals surface area contributed by atoms with E-state index in [-0.39, 0.29) is 0 Å². The topological polar surface area (TPSA) is 0 Å². The van der Waals surface area contributed by atoms with Gasteiger partial charge in [0.2, 0.25) is 0 Å². The first-order chi connectivity index (χ1) is 4.88. The summed E-state index contributed by atoms with van der Waals surface area (Å²) in [5.41, 5.74) is 0. The maximum Gasteiger partial charge on any atom is 0.0353 e. The van der Waals surface area contributed by atoms with Crippen LogP contribution in [0.4, 0.5) is 0 Å². The van der Waals surface area contributed by atoms with Crippen LogP contribution < -0.4 is 0 Å². The van der Waals surface area contributed by atoms with E-state index in [0.29, 0.717) is 10.5 Å². The van der Waals surface area contributed by atoms with Gasteiger partial charge < -0.3 is 0 Å². The predicted molar refractivity (Wildman–Crippen MR) is 53.9 cm³/mol. The molecule has 1 saturated heterocycles. The molecule has 0 amide bonds. The monoisotopic (exact) mass is 216 g/mol. The second-order valence-corrected chi connectivity index (χ2v) is 5.44. The third kappa shape index (κ3) is 2.40. The Hall–Kier alpha value is 1.28. The second-order valence-electron chi connectivity index (χ2n) is 2.13. The molecule has 2 atom stereocenters. The van der Waals surface area contributed by atoms with Gasteiger partial charge in [0.1, 0.15) is 0 Å². The summed E-state index contributed by atoms with van der Waals surface area (Å²) < 4.78 is 0. The van der Waals surface area contributed by atoms with E-state index in [0.717, 1.165) is 11.8 Å². The Balaban J connectivity index is 2.34. The first-order valence-electron chi connectivity index (χ1n) is 3.23. The van der Waals surface area contributed by atoms with Crippen molar-refractivity contribution < 1.29 is 0 Å². The minimum atomic E-state index is 0.581. The standard InChI is InChI=1S/C6H10Cl2S2/c7-3-5-6(4-8)10-2-1-9-5/h5-6H,1-4H2/t5-,6+. The Morgan fingerprint density at radius 3 is 1.70 bits per heavy atom. The van der Waals surface area contributed by atoms with Crippen LogP contribution in [0.2, 0.25) is 0 Å². The fourth-order valence-corrected chi connectivity index (χ4v) is 4.72. The number of alkyl halides is 2. The molecule has 1 rings (SSSR count). The van der Waals surface area contributed by atoms with Crippen molar-refractivity contribution in [3.63, 3.8) is 0 Å². The maximum atomic E-state index is 5.76. The smallest absolute Gasteiger partial charge is 0.0353 e. The summed E-state index contributed by atoms with van der Waals surface area (Å²) in [5.74, 6) is 3.95. The van der Waals surface area contributed by atoms with E-state index in [2.05, 4.69) is 0 Å². The van der Waals surface area contributed by atoms with Gasteiger partial charge in [-0.25, -0.2) is 0 Å². The molecule has 0 aromatic carbocycles. The average molecular weight is 217 g/mol. The Morgan fingerprint density at radius 2 is 1.40 bits per heavy atom. The Bertz CT molecular complexity index is 87.7. The molecule has 1 aliphatic heterocycles. The SMILES string of the molecule is ClC[C@@H]1SCCS[C@@H]1CCl. The summed E-state index contributed by atoms with van der Waals surface area (Å²) in [4.78, 5) is 0. The highest BCUT2D eigenvalue weighted by Crippen LogP contribution is 2.32. The lowest BCUT2D eigenvalue weighted by Gasteiger charge is -2.27. The molecule has 0 nitrogen and oxygen atoms in total. The Labute approximate surface area is 80.4 Å². The molecule has 0 saturated carbocycles. The van der Waals surface area contributed by atoms with E-state index in [9.17, 15) is 0 Å². The van der Waals surface area contributed by atoms with Crippen molar-refractivity contribution in [1.29, 1.82) is 0 Å². The van der Waals surface area contributed by atoms with Gasteiger partial charge in [-0.05, 0) is 0 Å². The molecule has 0 N–H and O–H groups in total.